The number of fused-ring (bicyclic) bond motifs is 1. The number of ether oxygens (including phenoxy) is 1. The van der Waals surface area contributed by atoms with Crippen molar-refractivity contribution in [3.05, 3.63) is 23.8 Å². The van der Waals surface area contributed by atoms with Crippen molar-refractivity contribution in [3.8, 4) is 0 Å². The average Bonchev–Trinajstić information content (AvgIpc) is 2.66. The Balaban J connectivity index is 0.00000450. The van der Waals surface area contributed by atoms with Gasteiger partial charge in [0.25, 0.3) is 0 Å². The molecule has 0 unspecified atom stereocenters. The number of aliphatic carboxylic acids is 1. The van der Waals surface area contributed by atoms with E-state index < -0.39 is 18.2 Å². The Bertz CT molecular complexity index is 631. The Kier molecular flexibility index (Phi) is 11.4. The third kappa shape index (κ3) is 7.56. The molecule has 2 aliphatic rings. The van der Waals surface area contributed by atoms with Gasteiger partial charge in [0.1, 0.15) is 6.10 Å². The molecule has 0 fully saturated rings. The van der Waals surface area contributed by atoms with Gasteiger partial charge in [0.15, 0.2) is 0 Å². The zero-order valence-corrected chi connectivity index (χ0v) is 19.6. The number of carboxylic acid groups (broad SMARTS) is 1. The van der Waals surface area contributed by atoms with Gasteiger partial charge >= 0.3 is 11.9 Å². The summed E-state index contributed by atoms with van der Waals surface area (Å²) < 4.78 is 5.93. The van der Waals surface area contributed by atoms with Crippen LogP contribution in [0.15, 0.2) is 23.8 Å². The van der Waals surface area contributed by atoms with Gasteiger partial charge in [-0.2, -0.15) is 0 Å². The molecule has 0 amide bonds. The molecule has 0 spiro atoms. The van der Waals surface area contributed by atoms with Gasteiger partial charge in [0.2, 0.25) is 0 Å². The number of carbonyl (C=O) groups is 2. The van der Waals surface area contributed by atoms with E-state index >= 15 is 0 Å². The van der Waals surface area contributed by atoms with E-state index in [2.05, 4.69) is 25.2 Å². The first-order valence-corrected chi connectivity index (χ1v) is 10.9. The van der Waals surface area contributed by atoms with E-state index in [-0.39, 0.29) is 67.1 Å². The quantitative estimate of drug-likeness (QED) is 0.432. The van der Waals surface area contributed by atoms with Crippen LogP contribution >= 0.6 is 0 Å². The van der Waals surface area contributed by atoms with Crippen LogP contribution in [0.4, 0.5) is 0 Å². The summed E-state index contributed by atoms with van der Waals surface area (Å²) in [6.45, 7) is 6.01. The molecule has 3 N–H and O–H groups in total. The average molecular weight is 459 g/mol. The van der Waals surface area contributed by atoms with E-state index in [4.69, 9.17) is 9.84 Å². The molecule has 0 aliphatic heterocycles. The first-order valence-electron chi connectivity index (χ1n) is 10.9. The zero-order valence-electron chi connectivity index (χ0n) is 18.2. The van der Waals surface area contributed by atoms with Crippen LogP contribution in [-0.2, 0) is 32.9 Å². The third-order valence-electron chi connectivity index (χ3n) is 6.42. The van der Waals surface area contributed by atoms with Crippen LogP contribution in [0.5, 0.6) is 0 Å². The topological polar surface area (TPSA) is 104 Å². The number of esters is 1. The molecular formula is C23H36O6V. The molecule has 0 aromatic heterocycles. The predicted octanol–water partition coefficient (Wildman–Crippen LogP) is 3.47. The molecule has 0 saturated heterocycles. The van der Waals surface area contributed by atoms with Gasteiger partial charge in [-0.1, -0.05) is 39.0 Å². The largest absolute Gasteiger partial charge is 0.481 e. The van der Waals surface area contributed by atoms with E-state index in [0.717, 1.165) is 25.7 Å². The first kappa shape index (κ1) is 27.0. The summed E-state index contributed by atoms with van der Waals surface area (Å²) in [6.07, 6.45) is 7.97. The van der Waals surface area contributed by atoms with Gasteiger partial charge in [-0.05, 0) is 55.9 Å². The zero-order chi connectivity index (χ0) is 21.6. The van der Waals surface area contributed by atoms with Gasteiger partial charge in [0.05, 0.1) is 24.5 Å². The van der Waals surface area contributed by atoms with Crippen molar-refractivity contribution in [2.24, 2.45) is 23.7 Å². The number of aliphatic hydroxyl groups is 2. The van der Waals surface area contributed by atoms with E-state index in [1.54, 1.807) is 0 Å². The van der Waals surface area contributed by atoms with Gasteiger partial charge in [-0.3, -0.25) is 9.59 Å². The molecule has 1 radical (unpaired) electrons. The van der Waals surface area contributed by atoms with E-state index in [9.17, 15) is 19.8 Å². The van der Waals surface area contributed by atoms with Gasteiger partial charge < -0.3 is 20.1 Å². The maximum Gasteiger partial charge on any atom is 0.308 e. The normalized spacial score (nSPS) is 28.4. The smallest absolute Gasteiger partial charge is 0.308 e. The molecule has 0 saturated carbocycles. The Hall–Kier alpha value is -1.08. The Morgan fingerprint density at radius 3 is 2.60 bits per heavy atom. The number of rotatable bonds is 10. The second-order valence-electron chi connectivity index (χ2n) is 8.69. The molecule has 169 valence electrons. The molecular weight excluding hydrogens is 423 g/mol. The molecule has 0 aromatic carbocycles. The van der Waals surface area contributed by atoms with Gasteiger partial charge in [-0.25, -0.2) is 0 Å². The van der Waals surface area contributed by atoms with E-state index in [0.29, 0.717) is 6.42 Å². The minimum Gasteiger partial charge on any atom is -0.481 e. The fourth-order valence-electron chi connectivity index (χ4n) is 4.49. The molecule has 2 rings (SSSR count). The van der Waals surface area contributed by atoms with Crippen LogP contribution < -0.4 is 0 Å². The molecule has 0 bridgehead atoms. The van der Waals surface area contributed by atoms with Gasteiger partial charge in [0, 0.05) is 24.5 Å². The maximum absolute atomic E-state index is 12.4. The summed E-state index contributed by atoms with van der Waals surface area (Å²) in [5.74, 6) is -0.691. The number of allylic oxidation sites excluding steroid dienone is 3. The predicted molar refractivity (Wildman–Crippen MR) is 110 cm³/mol. The van der Waals surface area contributed by atoms with Crippen LogP contribution in [-0.4, -0.2) is 45.6 Å². The monoisotopic (exact) mass is 459 g/mol. The summed E-state index contributed by atoms with van der Waals surface area (Å²) in [5, 5.41) is 28.8. The second kappa shape index (κ2) is 12.7. The fourth-order valence-corrected chi connectivity index (χ4v) is 4.49. The van der Waals surface area contributed by atoms with Crippen LogP contribution in [0, 0.1) is 23.7 Å². The van der Waals surface area contributed by atoms with E-state index in [1.165, 1.54) is 5.57 Å². The minimum absolute atomic E-state index is 0. The van der Waals surface area contributed by atoms with Crippen LogP contribution in [0.2, 0.25) is 0 Å². The second-order valence-corrected chi connectivity index (χ2v) is 8.69. The molecule has 30 heavy (non-hydrogen) atoms. The summed E-state index contributed by atoms with van der Waals surface area (Å²) in [5.41, 5.74) is 1.21. The summed E-state index contributed by atoms with van der Waals surface area (Å²) in [7, 11) is 0. The number of carboxylic acids is 1. The number of aliphatic hydroxyl groups excluding tert-OH is 2. The van der Waals surface area contributed by atoms with Crippen LogP contribution in [0.25, 0.3) is 0 Å². The summed E-state index contributed by atoms with van der Waals surface area (Å²) >= 11 is 0. The number of carbonyl (C=O) groups excluding carboxylic acids is 1. The number of hydrogen-bond donors (Lipinski definition) is 3. The molecule has 6 nitrogen and oxygen atoms in total. The maximum atomic E-state index is 12.4. The SMILES string of the molecule is CC[C@H](C)C(=O)O[C@H]1CCC=C2C=C[C@H](C)[C@H](CC[C@@H](O)C[C@@H](O)CC(=O)O)[C@H]21.[V]. The van der Waals surface area contributed by atoms with Crippen molar-refractivity contribution >= 4 is 11.9 Å². The molecule has 7 heteroatoms. The summed E-state index contributed by atoms with van der Waals surface area (Å²) in [6, 6.07) is 0. The van der Waals surface area contributed by atoms with Crippen molar-refractivity contribution in [2.45, 2.75) is 84.0 Å². The van der Waals surface area contributed by atoms with Crippen molar-refractivity contribution in [3.63, 3.8) is 0 Å². The van der Waals surface area contributed by atoms with Crippen molar-refractivity contribution < 1.29 is 48.2 Å². The van der Waals surface area contributed by atoms with Gasteiger partial charge in [-0.15, -0.1) is 0 Å². The Morgan fingerprint density at radius 2 is 1.97 bits per heavy atom. The fraction of sp³-hybridized carbons (Fsp3) is 0.739. The molecule has 7 atom stereocenters. The standard InChI is InChI=1S/C23H36O6.V/c1-4-14(2)23(28)29-20-7-5-6-16-9-8-15(3)19(22(16)20)11-10-17(24)12-18(25)13-21(26)27;/h6,8-9,14-15,17-20,22,24-25H,4-5,7,10-13H2,1-3H3,(H,26,27);/t14-,15-,17+,18+,19-,20-,22-;/m0./s1. The van der Waals surface area contributed by atoms with E-state index in [1.807, 2.05) is 13.8 Å². The van der Waals surface area contributed by atoms with Crippen LogP contribution in [0.1, 0.15) is 65.7 Å². The van der Waals surface area contributed by atoms with Crippen molar-refractivity contribution in [1.82, 2.24) is 0 Å². The Morgan fingerprint density at radius 1 is 1.27 bits per heavy atom. The molecule has 0 aromatic rings. The number of hydrogen-bond acceptors (Lipinski definition) is 5. The molecule has 0 heterocycles. The molecule has 2 aliphatic carbocycles. The van der Waals surface area contributed by atoms with Crippen LogP contribution in [0.3, 0.4) is 0 Å². The third-order valence-corrected chi connectivity index (χ3v) is 6.42. The van der Waals surface area contributed by atoms with Crippen molar-refractivity contribution in [1.29, 1.82) is 0 Å². The van der Waals surface area contributed by atoms with Crippen molar-refractivity contribution in [2.75, 3.05) is 0 Å². The summed E-state index contributed by atoms with van der Waals surface area (Å²) in [4.78, 5) is 23.1. The first-order chi connectivity index (χ1) is 13.7. The Labute approximate surface area is 191 Å². The minimum atomic E-state index is -1.07.